The van der Waals surface area contributed by atoms with Crippen molar-refractivity contribution < 1.29 is 0 Å². The first-order valence-corrected chi connectivity index (χ1v) is 6.59. The van der Waals surface area contributed by atoms with Gasteiger partial charge >= 0.3 is 0 Å². The molecule has 6 heteroatoms. The van der Waals surface area contributed by atoms with Gasteiger partial charge in [0.15, 0.2) is 5.65 Å². The minimum absolute atomic E-state index is 0.765. The Kier molecular flexibility index (Phi) is 3.04. The number of fused-ring (bicyclic) bond motifs is 1. The van der Waals surface area contributed by atoms with Crippen molar-refractivity contribution in [3.05, 3.63) is 46.3 Å². The van der Waals surface area contributed by atoms with Gasteiger partial charge in [-0.25, -0.2) is 14.5 Å². The van der Waals surface area contributed by atoms with Gasteiger partial charge in [0, 0.05) is 48.7 Å². The summed E-state index contributed by atoms with van der Waals surface area (Å²) < 4.78 is 1.82. The van der Waals surface area contributed by atoms with E-state index in [1.165, 1.54) is 0 Å². The second-order valence-electron chi connectivity index (χ2n) is 4.08. The Morgan fingerprint density at radius 3 is 3.11 bits per heavy atom. The molecule has 0 spiro atoms. The number of nitrogens with zero attached hydrogens (tertiary/aromatic N) is 4. The molecule has 0 aromatic carbocycles. The molecule has 0 unspecified atom stereocenters. The maximum absolute atomic E-state index is 4.37. The average Bonchev–Trinajstić information content (AvgIpc) is 2.96. The highest BCUT2D eigenvalue weighted by atomic mass is 32.1. The number of hydrogen-bond acceptors (Lipinski definition) is 5. The molecule has 1 N–H and O–H groups in total. The van der Waals surface area contributed by atoms with Crippen molar-refractivity contribution in [1.29, 1.82) is 0 Å². The molecule has 0 aliphatic heterocycles. The van der Waals surface area contributed by atoms with Crippen LogP contribution in [0.25, 0.3) is 5.65 Å². The predicted octanol–water partition coefficient (Wildman–Crippen LogP) is 1.78. The first-order chi connectivity index (χ1) is 8.81. The zero-order valence-electron chi connectivity index (χ0n) is 10.00. The zero-order valence-corrected chi connectivity index (χ0v) is 10.8. The summed E-state index contributed by atoms with van der Waals surface area (Å²) in [6.45, 7) is 3.52. The minimum Gasteiger partial charge on any atom is -0.306 e. The Bertz CT molecular complexity index is 644. The van der Waals surface area contributed by atoms with Crippen molar-refractivity contribution in [2.24, 2.45) is 0 Å². The van der Waals surface area contributed by atoms with Gasteiger partial charge in [0.05, 0.1) is 5.69 Å². The van der Waals surface area contributed by atoms with Gasteiger partial charge in [-0.2, -0.15) is 5.10 Å². The zero-order chi connectivity index (χ0) is 12.4. The van der Waals surface area contributed by atoms with Crippen LogP contribution in [0.2, 0.25) is 0 Å². The Balaban J connectivity index is 1.67. The fourth-order valence-corrected chi connectivity index (χ4v) is 2.37. The van der Waals surface area contributed by atoms with Gasteiger partial charge in [0.25, 0.3) is 0 Å². The van der Waals surface area contributed by atoms with E-state index >= 15 is 0 Å². The lowest BCUT2D eigenvalue weighted by Crippen LogP contribution is -2.13. The standard InChI is InChI=1S/C12H13N5S/c1-9-4-11-15-6-10(8-17(11)16-9)5-13-7-12-14-2-3-18-12/h2-4,6,8,13H,5,7H2,1H3. The van der Waals surface area contributed by atoms with Gasteiger partial charge in [-0.15, -0.1) is 11.3 Å². The summed E-state index contributed by atoms with van der Waals surface area (Å²) in [5, 5.41) is 10.8. The highest BCUT2D eigenvalue weighted by Crippen LogP contribution is 2.06. The summed E-state index contributed by atoms with van der Waals surface area (Å²) in [6, 6.07) is 1.97. The monoisotopic (exact) mass is 259 g/mol. The quantitative estimate of drug-likeness (QED) is 0.776. The molecule has 3 rings (SSSR count). The van der Waals surface area contributed by atoms with E-state index in [-0.39, 0.29) is 0 Å². The lowest BCUT2D eigenvalue weighted by atomic mass is 10.3. The van der Waals surface area contributed by atoms with Crippen molar-refractivity contribution in [3.8, 4) is 0 Å². The van der Waals surface area contributed by atoms with E-state index in [1.54, 1.807) is 11.3 Å². The molecule has 5 nitrogen and oxygen atoms in total. The molecule has 0 fully saturated rings. The number of nitrogens with one attached hydrogen (secondary N) is 1. The fraction of sp³-hybridized carbons (Fsp3) is 0.250. The topological polar surface area (TPSA) is 55.1 Å². The van der Waals surface area contributed by atoms with E-state index in [0.717, 1.165) is 35.0 Å². The predicted molar refractivity (Wildman–Crippen MR) is 70.4 cm³/mol. The molecular weight excluding hydrogens is 246 g/mol. The van der Waals surface area contributed by atoms with Crippen molar-refractivity contribution in [2.75, 3.05) is 0 Å². The molecule has 0 atom stereocenters. The number of aromatic nitrogens is 4. The van der Waals surface area contributed by atoms with E-state index in [2.05, 4.69) is 20.4 Å². The third-order valence-corrected chi connectivity index (χ3v) is 3.36. The van der Waals surface area contributed by atoms with Crippen molar-refractivity contribution in [2.45, 2.75) is 20.0 Å². The van der Waals surface area contributed by atoms with Crippen LogP contribution >= 0.6 is 11.3 Å². The van der Waals surface area contributed by atoms with Crippen LogP contribution in [-0.4, -0.2) is 19.6 Å². The van der Waals surface area contributed by atoms with E-state index in [1.807, 2.05) is 41.5 Å². The third-order valence-electron chi connectivity index (χ3n) is 2.58. The summed E-state index contributed by atoms with van der Waals surface area (Å²) in [4.78, 5) is 8.59. The second kappa shape index (κ2) is 4.83. The number of rotatable bonds is 4. The van der Waals surface area contributed by atoms with Gasteiger partial charge in [0.2, 0.25) is 0 Å². The Labute approximate surface area is 109 Å². The van der Waals surface area contributed by atoms with Crippen LogP contribution in [0, 0.1) is 6.92 Å². The molecule has 18 heavy (non-hydrogen) atoms. The molecule has 3 heterocycles. The summed E-state index contributed by atoms with van der Waals surface area (Å²) in [6.07, 6.45) is 5.71. The summed E-state index contributed by atoms with van der Waals surface area (Å²) in [5.41, 5.74) is 2.98. The molecular formula is C12H13N5S. The van der Waals surface area contributed by atoms with Gasteiger partial charge in [-0.3, -0.25) is 0 Å². The first kappa shape index (κ1) is 11.3. The Morgan fingerprint density at radius 2 is 2.28 bits per heavy atom. The average molecular weight is 259 g/mol. The van der Waals surface area contributed by atoms with Crippen LogP contribution in [0.4, 0.5) is 0 Å². The lowest BCUT2D eigenvalue weighted by Gasteiger charge is -2.03. The summed E-state index contributed by atoms with van der Waals surface area (Å²) >= 11 is 1.66. The van der Waals surface area contributed by atoms with Gasteiger partial charge in [0.1, 0.15) is 5.01 Å². The maximum Gasteiger partial charge on any atom is 0.155 e. The van der Waals surface area contributed by atoms with Gasteiger partial charge < -0.3 is 5.32 Å². The van der Waals surface area contributed by atoms with Crippen LogP contribution < -0.4 is 5.32 Å². The van der Waals surface area contributed by atoms with Crippen LogP contribution in [0.3, 0.4) is 0 Å². The molecule has 0 saturated carbocycles. The molecule has 3 aromatic heterocycles. The fourth-order valence-electron chi connectivity index (χ4n) is 1.78. The molecule has 92 valence electrons. The summed E-state index contributed by atoms with van der Waals surface area (Å²) in [5.74, 6) is 0. The largest absolute Gasteiger partial charge is 0.306 e. The minimum atomic E-state index is 0.765. The molecule has 0 bridgehead atoms. The van der Waals surface area contributed by atoms with E-state index in [9.17, 15) is 0 Å². The van der Waals surface area contributed by atoms with E-state index in [0.29, 0.717) is 0 Å². The van der Waals surface area contributed by atoms with Crippen LogP contribution in [-0.2, 0) is 13.1 Å². The van der Waals surface area contributed by atoms with Crippen LogP contribution in [0.1, 0.15) is 16.3 Å². The number of hydrogen-bond donors (Lipinski definition) is 1. The molecule has 0 radical (unpaired) electrons. The van der Waals surface area contributed by atoms with Crippen molar-refractivity contribution >= 4 is 17.0 Å². The highest BCUT2D eigenvalue weighted by Gasteiger charge is 2.01. The van der Waals surface area contributed by atoms with Crippen molar-refractivity contribution in [3.63, 3.8) is 0 Å². The van der Waals surface area contributed by atoms with Crippen LogP contribution in [0.5, 0.6) is 0 Å². The SMILES string of the molecule is Cc1cc2ncc(CNCc3nccs3)cn2n1. The molecule has 0 saturated heterocycles. The lowest BCUT2D eigenvalue weighted by molar-refractivity contribution is 0.682. The third kappa shape index (κ3) is 2.39. The normalized spacial score (nSPS) is 11.2. The number of aryl methyl sites for hydroxylation is 1. The molecule has 0 aliphatic rings. The smallest absolute Gasteiger partial charge is 0.155 e. The molecule has 3 aromatic rings. The Hall–Kier alpha value is -1.79. The summed E-state index contributed by atoms with van der Waals surface area (Å²) in [7, 11) is 0. The van der Waals surface area contributed by atoms with Gasteiger partial charge in [-0.1, -0.05) is 0 Å². The van der Waals surface area contributed by atoms with E-state index in [4.69, 9.17) is 0 Å². The highest BCUT2D eigenvalue weighted by molar-refractivity contribution is 7.09. The molecule has 0 aliphatic carbocycles. The number of thiazole rings is 1. The Morgan fingerprint density at radius 1 is 1.33 bits per heavy atom. The maximum atomic E-state index is 4.37. The van der Waals surface area contributed by atoms with E-state index < -0.39 is 0 Å². The van der Waals surface area contributed by atoms with Gasteiger partial charge in [-0.05, 0) is 6.92 Å². The second-order valence-corrected chi connectivity index (χ2v) is 5.06. The van der Waals surface area contributed by atoms with Crippen LogP contribution in [0.15, 0.2) is 30.0 Å². The molecule has 0 amide bonds. The first-order valence-electron chi connectivity index (χ1n) is 5.71. The van der Waals surface area contributed by atoms with Crippen molar-refractivity contribution in [1.82, 2.24) is 24.9 Å².